The van der Waals surface area contributed by atoms with E-state index in [0.717, 1.165) is 32.1 Å². The maximum Gasteiger partial charge on any atom is 0.305 e. The minimum absolute atomic E-state index is 0.126. The van der Waals surface area contributed by atoms with Gasteiger partial charge in [-0.25, -0.2) is 0 Å². The molecule has 136 valence electrons. The van der Waals surface area contributed by atoms with Crippen molar-refractivity contribution in [3.63, 3.8) is 0 Å². The molecule has 3 nitrogen and oxygen atoms in total. The molecule has 0 aromatic rings. The second-order valence-electron chi connectivity index (χ2n) is 6.30. The molecule has 0 N–H and O–H groups in total. The highest BCUT2D eigenvalue weighted by Gasteiger charge is 2.36. The summed E-state index contributed by atoms with van der Waals surface area (Å²) in [6.45, 7) is 2.24. The van der Waals surface area contributed by atoms with Gasteiger partial charge in [-0.1, -0.05) is 62.6 Å². The van der Waals surface area contributed by atoms with Crippen molar-refractivity contribution in [1.29, 1.82) is 0 Å². The zero-order valence-electron chi connectivity index (χ0n) is 15.4. The van der Waals surface area contributed by atoms with Crippen LogP contribution in [0.25, 0.3) is 0 Å². The van der Waals surface area contributed by atoms with Crippen molar-refractivity contribution in [2.24, 2.45) is 0 Å². The van der Waals surface area contributed by atoms with Crippen LogP contribution >= 0.6 is 0 Å². The Morgan fingerprint density at radius 3 is 2.38 bits per heavy atom. The topological polar surface area (TPSA) is 38.8 Å². The second-order valence-corrected chi connectivity index (χ2v) is 6.30. The van der Waals surface area contributed by atoms with Gasteiger partial charge >= 0.3 is 5.97 Å². The fraction of sp³-hybridized carbons (Fsp3) is 0.667. The summed E-state index contributed by atoms with van der Waals surface area (Å²) in [6, 6.07) is 0. The molecule has 1 heterocycles. The van der Waals surface area contributed by atoms with Crippen molar-refractivity contribution in [3.8, 4) is 0 Å². The zero-order chi connectivity index (χ0) is 17.5. The van der Waals surface area contributed by atoms with E-state index in [-0.39, 0.29) is 5.97 Å². The van der Waals surface area contributed by atoms with Gasteiger partial charge in [-0.05, 0) is 38.5 Å². The number of allylic oxidation sites excluding steroid dienone is 5. The van der Waals surface area contributed by atoms with Gasteiger partial charge in [-0.15, -0.1) is 0 Å². The van der Waals surface area contributed by atoms with Gasteiger partial charge in [0.2, 0.25) is 0 Å². The molecule has 0 unspecified atom stereocenters. The normalized spacial score (nSPS) is 20.4. The molecular weight excluding hydrogens is 300 g/mol. The Morgan fingerprint density at radius 1 is 0.958 bits per heavy atom. The first-order valence-corrected chi connectivity index (χ1v) is 9.45. The van der Waals surface area contributed by atoms with Gasteiger partial charge in [0.1, 0.15) is 0 Å². The van der Waals surface area contributed by atoms with Crippen molar-refractivity contribution < 1.29 is 14.3 Å². The van der Waals surface area contributed by atoms with Gasteiger partial charge in [0.25, 0.3) is 0 Å². The summed E-state index contributed by atoms with van der Waals surface area (Å²) in [6.07, 6.45) is 24.6. The lowest BCUT2D eigenvalue weighted by Gasteiger charge is -1.95. The number of hydrogen-bond acceptors (Lipinski definition) is 3. The minimum atomic E-state index is -0.126. The van der Waals surface area contributed by atoms with E-state index in [2.05, 4.69) is 48.1 Å². The van der Waals surface area contributed by atoms with Crippen molar-refractivity contribution in [1.82, 2.24) is 0 Å². The number of methoxy groups -OCH3 is 1. The zero-order valence-corrected chi connectivity index (χ0v) is 15.4. The molecular formula is C21H34O3. The van der Waals surface area contributed by atoms with E-state index in [1.807, 2.05) is 0 Å². The van der Waals surface area contributed by atoms with Gasteiger partial charge in [0.15, 0.2) is 0 Å². The van der Waals surface area contributed by atoms with Crippen LogP contribution in [0.3, 0.4) is 0 Å². The molecule has 0 amide bonds. The van der Waals surface area contributed by atoms with E-state index in [1.54, 1.807) is 0 Å². The molecule has 0 aromatic heterocycles. The first-order valence-electron chi connectivity index (χ1n) is 9.45. The van der Waals surface area contributed by atoms with Crippen LogP contribution in [-0.4, -0.2) is 25.3 Å². The molecule has 0 saturated carbocycles. The van der Waals surface area contributed by atoms with Crippen molar-refractivity contribution >= 4 is 5.97 Å². The Morgan fingerprint density at radius 2 is 1.67 bits per heavy atom. The number of esters is 1. The third-order valence-electron chi connectivity index (χ3n) is 4.17. The molecule has 1 rings (SSSR count). The largest absolute Gasteiger partial charge is 0.469 e. The molecule has 1 saturated heterocycles. The number of unbranched alkanes of at least 4 members (excludes halogenated alkanes) is 3. The molecule has 0 radical (unpaired) electrons. The van der Waals surface area contributed by atoms with Crippen molar-refractivity contribution in [2.75, 3.05) is 7.11 Å². The number of rotatable bonds is 14. The van der Waals surface area contributed by atoms with Gasteiger partial charge in [0.05, 0.1) is 19.3 Å². The highest BCUT2D eigenvalue weighted by molar-refractivity contribution is 5.69. The molecule has 0 aliphatic carbocycles. The number of hydrogen-bond donors (Lipinski definition) is 0. The molecule has 0 aromatic carbocycles. The number of carbonyl (C=O) groups is 1. The third-order valence-corrected chi connectivity index (χ3v) is 4.17. The standard InChI is InChI=1S/C21H34O3/c1-3-4-13-16-19-20(24-19)17-14-11-9-7-5-6-8-10-12-15-18-21(22)23-2/h5,7-8,10-11,14,19-20H,3-4,6,9,12-13,15-18H2,1-2H3/b7-5-,10-8-,14-11-/t19-,20+/m1/s1. The fourth-order valence-corrected chi connectivity index (χ4v) is 2.59. The predicted octanol–water partition coefficient (Wildman–Crippen LogP) is 5.52. The van der Waals surface area contributed by atoms with Crippen LogP contribution in [0.2, 0.25) is 0 Å². The number of ether oxygens (including phenoxy) is 2. The van der Waals surface area contributed by atoms with Crippen molar-refractivity contribution in [3.05, 3.63) is 36.5 Å². The highest BCUT2D eigenvalue weighted by atomic mass is 16.6. The first kappa shape index (κ1) is 20.7. The third kappa shape index (κ3) is 11.2. The van der Waals surface area contributed by atoms with E-state index in [4.69, 9.17) is 4.74 Å². The van der Waals surface area contributed by atoms with Crippen molar-refractivity contribution in [2.45, 2.75) is 83.3 Å². The quantitative estimate of drug-likeness (QED) is 0.182. The Kier molecular flexibility index (Phi) is 12.1. The summed E-state index contributed by atoms with van der Waals surface area (Å²) >= 11 is 0. The molecule has 3 heteroatoms. The molecule has 2 atom stereocenters. The fourth-order valence-electron chi connectivity index (χ4n) is 2.59. The van der Waals surface area contributed by atoms with E-state index in [1.165, 1.54) is 32.8 Å². The molecule has 0 bridgehead atoms. The second kappa shape index (κ2) is 14.0. The van der Waals surface area contributed by atoms with Crippen LogP contribution in [0.5, 0.6) is 0 Å². The molecule has 1 aliphatic heterocycles. The van der Waals surface area contributed by atoms with Gasteiger partial charge in [-0.2, -0.15) is 0 Å². The Bertz CT molecular complexity index is 409. The smallest absolute Gasteiger partial charge is 0.305 e. The van der Waals surface area contributed by atoms with Gasteiger partial charge in [0, 0.05) is 6.42 Å². The lowest BCUT2D eigenvalue weighted by molar-refractivity contribution is -0.140. The molecule has 1 aliphatic rings. The van der Waals surface area contributed by atoms with Crippen LogP contribution < -0.4 is 0 Å². The Labute approximate surface area is 147 Å². The van der Waals surface area contributed by atoms with E-state index in [9.17, 15) is 4.79 Å². The number of epoxide rings is 1. The lowest BCUT2D eigenvalue weighted by Crippen LogP contribution is -1.98. The van der Waals surface area contributed by atoms with Crippen LogP contribution in [-0.2, 0) is 14.3 Å². The summed E-state index contributed by atoms with van der Waals surface area (Å²) in [4.78, 5) is 10.9. The van der Waals surface area contributed by atoms with Crippen LogP contribution in [0.15, 0.2) is 36.5 Å². The van der Waals surface area contributed by atoms with Gasteiger partial charge in [-0.3, -0.25) is 4.79 Å². The summed E-state index contributed by atoms with van der Waals surface area (Å²) in [7, 11) is 1.43. The molecule has 1 fully saturated rings. The molecule has 24 heavy (non-hydrogen) atoms. The molecule has 0 spiro atoms. The first-order chi connectivity index (χ1) is 11.8. The van der Waals surface area contributed by atoms with Crippen LogP contribution in [0.1, 0.15) is 71.1 Å². The highest BCUT2D eigenvalue weighted by Crippen LogP contribution is 2.30. The maximum atomic E-state index is 10.9. The minimum Gasteiger partial charge on any atom is -0.469 e. The van der Waals surface area contributed by atoms with E-state index >= 15 is 0 Å². The van der Waals surface area contributed by atoms with Crippen LogP contribution in [0, 0.1) is 0 Å². The number of carbonyl (C=O) groups excluding carboxylic acids is 1. The van der Waals surface area contributed by atoms with E-state index in [0.29, 0.717) is 18.6 Å². The maximum absolute atomic E-state index is 10.9. The summed E-state index contributed by atoms with van der Waals surface area (Å²) < 4.78 is 10.3. The average molecular weight is 335 g/mol. The monoisotopic (exact) mass is 334 g/mol. The predicted molar refractivity (Wildman–Crippen MR) is 99.9 cm³/mol. The lowest BCUT2D eigenvalue weighted by atomic mass is 10.1. The van der Waals surface area contributed by atoms with Crippen LogP contribution in [0.4, 0.5) is 0 Å². The summed E-state index contributed by atoms with van der Waals surface area (Å²) in [5.74, 6) is -0.126. The summed E-state index contributed by atoms with van der Waals surface area (Å²) in [5, 5.41) is 0. The Balaban J connectivity index is 1.90. The average Bonchev–Trinajstić information content (AvgIpc) is 3.34. The van der Waals surface area contributed by atoms with Gasteiger partial charge < -0.3 is 9.47 Å². The SMILES string of the molecule is CCCCC[C@H]1O[C@H]1C/C=C\C/C=C\C/C=C\CCCC(=O)OC. The van der Waals surface area contributed by atoms with E-state index < -0.39 is 0 Å². The Hall–Kier alpha value is -1.35. The summed E-state index contributed by atoms with van der Waals surface area (Å²) in [5.41, 5.74) is 0.